The minimum Gasteiger partial charge on any atom is -0.456 e. The molecule has 216 valence electrons. The lowest BCUT2D eigenvalue weighted by atomic mass is 9.82. The number of aryl methyl sites for hydroxylation is 2. The van der Waals surface area contributed by atoms with Gasteiger partial charge in [-0.3, -0.25) is 9.78 Å². The number of fused-ring (bicyclic) bond motifs is 4. The number of rotatable bonds is 4. The number of ketones is 1. The fraction of sp³-hybridized carbons (Fsp3) is 0.128. The Morgan fingerprint density at radius 1 is 0.867 bits per heavy atom. The molecule has 2 heterocycles. The number of benzene rings is 3. The van der Waals surface area contributed by atoms with Crippen LogP contribution in [0.3, 0.4) is 0 Å². The minimum absolute atomic E-state index is 0.112. The number of para-hydroxylation sites is 1. The average molecular weight is 585 g/mol. The zero-order valence-electron chi connectivity index (χ0n) is 25.3. The second-order valence-electron chi connectivity index (χ2n) is 11.9. The van der Waals surface area contributed by atoms with Crippen molar-refractivity contribution in [2.45, 2.75) is 33.1 Å². The van der Waals surface area contributed by atoms with Gasteiger partial charge in [-0.2, -0.15) is 0 Å². The number of pyridine rings is 1. The monoisotopic (exact) mass is 584 g/mol. The quantitative estimate of drug-likeness (QED) is 0.119. The maximum atomic E-state index is 13.5. The first-order valence-corrected chi connectivity index (χ1v) is 14.7. The summed E-state index contributed by atoms with van der Waals surface area (Å²) in [4.78, 5) is 23.7. The zero-order valence-corrected chi connectivity index (χ0v) is 25.3. The van der Waals surface area contributed by atoms with Crippen molar-refractivity contribution >= 4 is 34.5 Å². The Hall–Kier alpha value is -5.98. The van der Waals surface area contributed by atoms with E-state index >= 15 is 0 Å². The highest BCUT2D eigenvalue weighted by molar-refractivity contribution is 6.29. The highest BCUT2D eigenvalue weighted by Crippen LogP contribution is 2.52. The Morgan fingerprint density at radius 3 is 2.24 bits per heavy atom. The Bertz CT molecular complexity index is 2170. The highest BCUT2D eigenvalue weighted by Gasteiger charge is 2.40. The Kier molecular flexibility index (Phi) is 6.39. The number of hydrogen-bond acceptors (Lipinski definition) is 5. The van der Waals surface area contributed by atoms with E-state index in [4.69, 9.17) is 11.0 Å². The van der Waals surface area contributed by atoms with E-state index in [0.29, 0.717) is 28.0 Å². The molecular formula is C39H28N4O2. The van der Waals surface area contributed by atoms with Gasteiger partial charge in [-0.25, -0.2) is 10.1 Å². The standard InChI is InChI=1S/C39H28N4O2/c1-23-17-27(18-24(2)42-23)43(25-11-7-6-8-12-25)26-15-16-31-33(19-26)39(3,4)34-21-28(45-38(31)34)20-32-36(35(22-40)41-5)29-13-9-10-14-30(29)37(32)44/h6-21H,1-4H3/b32-20-,36-35-. The normalized spacial score (nSPS) is 16.0. The first-order chi connectivity index (χ1) is 21.7. The maximum absolute atomic E-state index is 13.5. The van der Waals surface area contributed by atoms with E-state index in [1.807, 2.05) is 44.2 Å². The largest absolute Gasteiger partial charge is 0.456 e. The molecule has 6 heteroatoms. The molecule has 2 aliphatic carbocycles. The molecule has 0 atom stereocenters. The molecule has 0 bridgehead atoms. The van der Waals surface area contributed by atoms with Crippen molar-refractivity contribution in [1.82, 2.24) is 4.98 Å². The van der Waals surface area contributed by atoms with E-state index in [1.165, 1.54) is 0 Å². The summed E-state index contributed by atoms with van der Waals surface area (Å²) in [5.41, 5.74) is 9.40. The van der Waals surface area contributed by atoms with E-state index in [9.17, 15) is 10.1 Å². The highest BCUT2D eigenvalue weighted by atomic mass is 16.3. The van der Waals surface area contributed by atoms with Crippen LogP contribution >= 0.6 is 0 Å². The summed E-state index contributed by atoms with van der Waals surface area (Å²) in [5.74, 6) is 1.04. The van der Waals surface area contributed by atoms with Crippen LogP contribution < -0.4 is 4.90 Å². The third kappa shape index (κ3) is 4.39. The van der Waals surface area contributed by atoms with Gasteiger partial charge in [0.25, 0.3) is 5.70 Å². The third-order valence-electron chi connectivity index (χ3n) is 8.64. The summed E-state index contributed by atoms with van der Waals surface area (Å²) >= 11 is 0. The molecule has 6 nitrogen and oxygen atoms in total. The summed E-state index contributed by atoms with van der Waals surface area (Å²) in [5, 5.41) is 9.70. The predicted molar refractivity (Wildman–Crippen MR) is 176 cm³/mol. The van der Waals surface area contributed by atoms with Crippen LogP contribution in [-0.4, -0.2) is 10.8 Å². The van der Waals surface area contributed by atoms with Gasteiger partial charge in [0.1, 0.15) is 11.5 Å². The van der Waals surface area contributed by atoms with Crippen LogP contribution in [0.1, 0.15) is 58.0 Å². The van der Waals surface area contributed by atoms with Crippen molar-refractivity contribution in [2.24, 2.45) is 0 Å². The van der Waals surface area contributed by atoms with Gasteiger partial charge in [-0.1, -0.05) is 56.3 Å². The summed E-state index contributed by atoms with van der Waals surface area (Å²) in [6.45, 7) is 15.9. The molecule has 2 aliphatic rings. The molecule has 7 rings (SSSR count). The minimum atomic E-state index is -0.386. The number of carbonyl (C=O) groups excluding carboxylic acids is 1. The summed E-state index contributed by atoms with van der Waals surface area (Å²) in [6, 6.07) is 32.0. The van der Waals surface area contributed by atoms with Crippen molar-refractivity contribution in [3.63, 3.8) is 0 Å². The smallest absolute Gasteiger partial charge is 0.270 e. The van der Waals surface area contributed by atoms with Crippen LogP contribution in [0.15, 0.2) is 107 Å². The summed E-state index contributed by atoms with van der Waals surface area (Å²) < 4.78 is 6.46. The van der Waals surface area contributed by atoms with Gasteiger partial charge in [-0.05, 0) is 79.6 Å². The average Bonchev–Trinajstić information content (AvgIpc) is 3.64. The second-order valence-corrected chi connectivity index (χ2v) is 11.9. The van der Waals surface area contributed by atoms with Crippen LogP contribution in [0, 0.1) is 31.8 Å². The number of nitriles is 1. The number of allylic oxidation sites excluding steroid dienone is 3. The van der Waals surface area contributed by atoms with E-state index in [1.54, 1.807) is 30.3 Å². The molecular weight excluding hydrogens is 556 g/mol. The lowest BCUT2D eigenvalue weighted by molar-refractivity contribution is 0.104. The fourth-order valence-electron chi connectivity index (χ4n) is 6.62. The van der Waals surface area contributed by atoms with Gasteiger partial charge >= 0.3 is 0 Å². The van der Waals surface area contributed by atoms with Crippen molar-refractivity contribution in [1.29, 1.82) is 5.26 Å². The first-order valence-electron chi connectivity index (χ1n) is 14.7. The van der Waals surface area contributed by atoms with E-state index < -0.39 is 0 Å². The van der Waals surface area contributed by atoms with Gasteiger partial charge in [0.15, 0.2) is 5.78 Å². The Morgan fingerprint density at radius 2 is 1.56 bits per heavy atom. The number of anilines is 3. The Balaban J connectivity index is 1.34. The van der Waals surface area contributed by atoms with Crippen molar-refractivity contribution in [3.8, 4) is 17.4 Å². The van der Waals surface area contributed by atoms with Crippen LogP contribution in [0.5, 0.6) is 0 Å². The van der Waals surface area contributed by atoms with Crippen LogP contribution in [0.2, 0.25) is 0 Å². The number of carbonyl (C=O) groups is 1. The van der Waals surface area contributed by atoms with Gasteiger partial charge < -0.3 is 9.32 Å². The topological polar surface area (TPSA) is 74.5 Å². The molecule has 0 unspecified atom stereocenters. The van der Waals surface area contributed by atoms with Crippen molar-refractivity contribution < 1.29 is 9.21 Å². The van der Waals surface area contributed by atoms with E-state index in [2.05, 4.69) is 71.0 Å². The van der Waals surface area contributed by atoms with Crippen LogP contribution in [-0.2, 0) is 5.41 Å². The third-order valence-corrected chi connectivity index (χ3v) is 8.64. The molecule has 5 aromatic rings. The first kappa shape index (κ1) is 27.8. The van der Waals surface area contributed by atoms with Gasteiger partial charge in [-0.15, -0.1) is 0 Å². The van der Waals surface area contributed by atoms with Gasteiger partial charge in [0.05, 0.1) is 12.6 Å². The maximum Gasteiger partial charge on any atom is 0.270 e. The Labute approximate surface area is 262 Å². The van der Waals surface area contributed by atoms with Crippen molar-refractivity contribution in [3.05, 3.63) is 153 Å². The van der Waals surface area contributed by atoms with E-state index in [-0.39, 0.29) is 16.9 Å². The summed E-state index contributed by atoms with van der Waals surface area (Å²) in [7, 11) is 0. The van der Waals surface area contributed by atoms with Crippen molar-refractivity contribution in [2.75, 3.05) is 4.90 Å². The SMILES string of the molecule is [C-]#[N+]/C(C#N)=C1\C(=C\c2cc3c(o2)-c2ccc(N(c4ccccc4)c4cc(C)nc(C)c4)cc2C3(C)C)C(=O)c2ccccc21. The second kappa shape index (κ2) is 10.3. The molecule has 0 fully saturated rings. The number of hydrogen-bond donors (Lipinski definition) is 0. The van der Waals surface area contributed by atoms with Crippen LogP contribution in [0.4, 0.5) is 17.1 Å². The summed E-state index contributed by atoms with van der Waals surface area (Å²) in [6.07, 6.45) is 1.67. The van der Waals surface area contributed by atoms with Crippen LogP contribution in [0.25, 0.3) is 27.8 Å². The number of Topliss-reactive ketones (excluding diaryl/α,β-unsaturated/α-hetero) is 1. The zero-order chi connectivity index (χ0) is 31.5. The molecule has 0 N–H and O–H groups in total. The lowest BCUT2D eigenvalue weighted by Crippen LogP contribution is -2.16. The molecule has 0 saturated heterocycles. The molecule has 2 aromatic heterocycles. The van der Waals surface area contributed by atoms with Gasteiger partial charge in [0.2, 0.25) is 0 Å². The fourth-order valence-corrected chi connectivity index (χ4v) is 6.62. The lowest BCUT2D eigenvalue weighted by Gasteiger charge is -2.28. The molecule has 0 aliphatic heterocycles. The molecule has 45 heavy (non-hydrogen) atoms. The predicted octanol–water partition coefficient (Wildman–Crippen LogP) is 9.50. The number of furan rings is 1. The van der Waals surface area contributed by atoms with Gasteiger partial charge in [0, 0.05) is 61.7 Å². The molecule has 0 amide bonds. The number of aromatic nitrogens is 1. The molecule has 0 spiro atoms. The number of nitrogens with zero attached hydrogens (tertiary/aromatic N) is 4. The van der Waals surface area contributed by atoms with E-state index in [0.717, 1.165) is 50.9 Å². The molecule has 3 aromatic carbocycles. The molecule has 0 radical (unpaired) electrons. The molecule has 0 saturated carbocycles.